The van der Waals surface area contributed by atoms with Gasteiger partial charge < -0.3 is 20.0 Å². The molecular formula is C38H27N5OS. The first-order chi connectivity index (χ1) is 22.3. The van der Waals surface area contributed by atoms with Crippen molar-refractivity contribution in [3.63, 3.8) is 0 Å². The molecule has 0 amide bonds. The number of nitrogens with zero attached hydrogens (tertiary/aromatic N) is 3. The quantitative estimate of drug-likeness (QED) is 0.208. The van der Waals surface area contributed by atoms with Crippen molar-refractivity contribution in [2.45, 2.75) is 9.79 Å². The van der Waals surface area contributed by atoms with Crippen LogP contribution in [0.5, 0.6) is 11.5 Å². The Labute approximate surface area is 265 Å². The fraction of sp³-hybridized carbons (Fsp3) is 0. The SMILES string of the molecule is C1=C(c2ccc(N3c4ccccc4Sc4ccccc43)cc2)NNN1c1cccc(N2c3ccccc3Oc3ccccc32)c1. The minimum Gasteiger partial charge on any atom is -0.453 e. The number of hydrogen-bond acceptors (Lipinski definition) is 7. The van der Waals surface area contributed by atoms with Gasteiger partial charge >= 0.3 is 0 Å². The van der Waals surface area contributed by atoms with E-state index in [4.69, 9.17) is 4.74 Å². The number of fused-ring (bicyclic) bond motifs is 4. The van der Waals surface area contributed by atoms with Gasteiger partial charge in [-0.15, -0.1) is 5.53 Å². The summed E-state index contributed by atoms with van der Waals surface area (Å²) in [6.07, 6.45) is 2.09. The summed E-state index contributed by atoms with van der Waals surface area (Å²) < 4.78 is 6.22. The van der Waals surface area contributed by atoms with Crippen molar-refractivity contribution in [1.82, 2.24) is 11.0 Å². The van der Waals surface area contributed by atoms with Crippen LogP contribution in [-0.4, -0.2) is 0 Å². The average molecular weight is 602 g/mol. The molecule has 0 atom stereocenters. The molecule has 0 saturated carbocycles. The van der Waals surface area contributed by atoms with Gasteiger partial charge in [-0.25, -0.2) is 0 Å². The minimum atomic E-state index is 0.837. The van der Waals surface area contributed by atoms with Crippen molar-refractivity contribution in [2.24, 2.45) is 0 Å². The normalized spacial score (nSPS) is 14.4. The van der Waals surface area contributed by atoms with Crippen LogP contribution in [-0.2, 0) is 0 Å². The van der Waals surface area contributed by atoms with Gasteiger partial charge in [-0.1, -0.05) is 78.5 Å². The zero-order valence-corrected chi connectivity index (χ0v) is 24.9. The molecule has 0 radical (unpaired) electrons. The molecule has 6 aromatic carbocycles. The molecule has 216 valence electrons. The Kier molecular flexibility index (Phi) is 6.04. The summed E-state index contributed by atoms with van der Waals surface area (Å²) in [5.41, 5.74) is 16.4. The van der Waals surface area contributed by atoms with E-state index in [1.165, 1.54) is 21.2 Å². The smallest absolute Gasteiger partial charge is 0.151 e. The van der Waals surface area contributed by atoms with E-state index in [0.29, 0.717) is 0 Å². The summed E-state index contributed by atoms with van der Waals surface area (Å²) in [6.45, 7) is 0. The lowest BCUT2D eigenvalue weighted by Gasteiger charge is -2.33. The van der Waals surface area contributed by atoms with Gasteiger partial charge in [-0.05, 0) is 78.9 Å². The third-order valence-electron chi connectivity index (χ3n) is 8.24. The van der Waals surface area contributed by atoms with Crippen LogP contribution in [0.15, 0.2) is 162 Å². The van der Waals surface area contributed by atoms with Gasteiger partial charge in [0, 0.05) is 32.9 Å². The zero-order chi connectivity index (χ0) is 29.7. The fourth-order valence-electron chi connectivity index (χ4n) is 6.14. The van der Waals surface area contributed by atoms with E-state index in [0.717, 1.165) is 51.2 Å². The van der Waals surface area contributed by atoms with Crippen molar-refractivity contribution >= 4 is 57.3 Å². The van der Waals surface area contributed by atoms with E-state index in [-0.39, 0.29) is 0 Å². The molecule has 6 aromatic rings. The van der Waals surface area contributed by atoms with Gasteiger partial charge in [-0.3, -0.25) is 5.01 Å². The Bertz CT molecular complexity index is 2020. The van der Waals surface area contributed by atoms with Gasteiger partial charge in [0.2, 0.25) is 0 Å². The number of rotatable bonds is 4. The summed E-state index contributed by atoms with van der Waals surface area (Å²) in [5.74, 6) is 1.67. The lowest BCUT2D eigenvalue weighted by atomic mass is 10.1. The van der Waals surface area contributed by atoms with Crippen LogP contribution < -0.4 is 30.5 Å². The van der Waals surface area contributed by atoms with Crippen LogP contribution in [0.25, 0.3) is 5.70 Å². The van der Waals surface area contributed by atoms with Gasteiger partial charge in [0.1, 0.15) is 0 Å². The molecule has 0 fully saturated rings. The molecule has 0 bridgehead atoms. The van der Waals surface area contributed by atoms with Gasteiger partial charge in [0.15, 0.2) is 11.5 Å². The molecule has 0 aliphatic carbocycles. The molecule has 3 aliphatic rings. The van der Waals surface area contributed by atoms with Crippen LogP contribution >= 0.6 is 11.8 Å². The standard InChI is InChI=1S/C38H27N5OS/c1-5-16-35-31(12-1)43(32-13-2-6-17-36(32)44-35)29-11-9-10-28(24-29)41-25-30(39-40-41)26-20-22-27(23-21-26)42-33-14-3-7-18-37(33)45-38-19-8-4-15-34(38)42/h1-25,39-40H. The highest BCUT2D eigenvalue weighted by Gasteiger charge is 2.27. The first-order valence-electron chi connectivity index (χ1n) is 14.9. The third kappa shape index (κ3) is 4.40. The molecule has 0 aromatic heterocycles. The highest BCUT2D eigenvalue weighted by molar-refractivity contribution is 7.99. The monoisotopic (exact) mass is 601 g/mol. The van der Waals surface area contributed by atoms with E-state index < -0.39 is 0 Å². The predicted octanol–water partition coefficient (Wildman–Crippen LogP) is 10.0. The van der Waals surface area contributed by atoms with E-state index in [1.54, 1.807) is 0 Å². The lowest BCUT2D eigenvalue weighted by Crippen LogP contribution is -2.36. The summed E-state index contributed by atoms with van der Waals surface area (Å²) in [6, 6.07) is 50.7. The van der Waals surface area contributed by atoms with Gasteiger partial charge in [-0.2, -0.15) is 0 Å². The summed E-state index contributed by atoms with van der Waals surface area (Å²) in [7, 11) is 0. The maximum Gasteiger partial charge on any atom is 0.151 e. The minimum absolute atomic E-state index is 0.837. The highest BCUT2D eigenvalue weighted by atomic mass is 32.2. The number of benzene rings is 6. The van der Waals surface area contributed by atoms with E-state index >= 15 is 0 Å². The van der Waals surface area contributed by atoms with Crippen LogP contribution in [0.1, 0.15) is 5.56 Å². The molecule has 6 nitrogen and oxygen atoms in total. The Balaban J connectivity index is 1.02. The van der Waals surface area contributed by atoms with Crippen molar-refractivity contribution in [2.75, 3.05) is 14.8 Å². The number of anilines is 7. The molecule has 7 heteroatoms. The molecule has 0 unspecified atom stereocenters. The van der Waals surface area contributed by atoms with Crippen molar-refractivity contribution < 1.29 is 4.74 Å². The largest absolute Gasteiger partial charge is 0.453 e. The van der Waals surface area contributed by atoms with Crippen LogP contribution in [0.3, 0.4) is 0 Å². The maximum atomic E-state index is 6.22. The van der Waals surface area contributed by atoms with Crippen LogP contribution in [0.2, 0.25) is 0 Å². The first-order valence-corrected chi connectivity index (χ1v) is 15.7. The molecule has 3 aliphatic heterocycles. The Hall–Kier alpha value is -5.63. The van der Waals surface area contributed by atoms with E-state index in [1.807, 2.05) is 53.2 Å². The summed E-state index contributed by atoms with van der Waals surface area (Å²) in [5, 5.41) is 2.01. The predicted molar refractivity (Wildman–Crippen MR) is 183 cm³/mol. The first kappa shape index (κ1) is 25.8. The van der Waals surface area contributed by atoms with Gasteiger partial charge in [0.25, 0.3) is 0 Å². The number of para-hydroxylation sites is 6. The van der Waals surface area contributed by atoms with Crippen LogP contribution in [0.4, 0.5) is 39.8 Å². The average Bonchev–Trinajstić information content (AvgIpc) is 3.60. The van der Waals surface area contributed by atoms with Crippen molar-refractivity contribution in [1.29, 1.82) is 0 Å². The number of hydrazine groups is 2. The Morgan fingerprint density at radius 3 is 1.71 bits per heavy atom. The topological polar surface area (TPSA) is 43.0 Å². The number of nitrogens with one attached hydrogen (secondary N) is 2. The lowest BCUT2D eigenvalue weighted by molar-refractivity contribution is 0.477. The van der Waals surface area contributed by atoms with Crippen molar-refractivity contribution in [3.05, 3.63) is 157 Å². The second-order valence-electron chi connectivity index (χ2n) is 11.0. The molecular weight excluding hydrogens is 575 g/mol. The second kappa shape index (κ2) is 10.5. The van der Waals surface area contributed by atoms with E-state index in [9.17, 15) is 0 Å². The second-order valence-corrected chi connectivity index (χ2v) is 12.0. The van der Waals surface area contributed by atoms with E-state index in [2.05, 4.69) is 136 Å². The van der Waals surface area contributed by atoms with Crippen molar-refractivity contribution in [3.8, 4) is 11.5 Å². The zero-order valence-electron chi connectivity index (χ0n) is 24.1. The maximum absolute atomic E-state index is 6.22. The van der Waals surface area contributed by atoms with Gasteiger partial charge in [0.05, 0.1) is 34.1 Å². The summed E-state index contributed by atoms with van der Waals surface area (Å²) >= 11 is 1.82. The molecule has 45 heavy (non-hydrogen) atoms. The fourth-order valence-corrected chi connectivity index (χ4v) is 7.20. The molecule has 0 spiro atoms. The summed E-state index contributed by atoms with van der Waals surface area (Å²) in [4.78, 5) is 7.11. The molecule has 9 rings (SSSR count). The van der Waals surface area contributed by atoms with Crippen LogP contribution in [0, 0.1) is 0 Å². The number of hydrogen-bond donors (Lipinski definition) is 2. The molecule has 0 saturated heterocycles. The number of ether oxygens (including phenoxy) is 1. The Morgan fingerprint density at radius 1 is 0.489 bits per heavy atom. The molecule has 3 heterocycles. The third-order valence-corrected chi connectivity index (χ3v) is 9.37. The Morgan fingerprint density at radius 2 is 1.04 bits per heavy atom. The molecule has 2 N–H and O–H groups in total. The highest BCUT2D eigenvalue weighted by Crippen LogP contribution is 2.52.